The van der Waals surface area contributed by atoms with Gasteiger partial charge < -0.3 is 20.3 Å². The quantitative estimate of drug-likeness (QED) is 0.537. The van der Waals surface area contributed by atoms with E-state index in [0.29, 0.717) is 11.8 Å². The molecule has 7 nitrogen and oxygen atoms in total. The maximum atomic E-state index is 13.8. The second-order valence-electron chi connectivity index (χ2n) is 12.5. The Labute approximate surface area is 222 Å². The number of likely N-dealkylation sites (tertiary alicyclic amines) is 1. The number of ether oxygens (including phenoxy) is 1. The third-order valence-corrected chi connectivity index (χ3v) is 8.83. The smallest absolute Gasteiger partial charge is 0.408 e. The van der Waals surface area contributed by atoms with Crippen LogP contribution in [0, 0.1) is 23.2 Å². The van der Waals surface area contributed by atoms with E-state index >= 15 is 0 Å². The lowest BCUT2D eigenvalue weighted by Crippen LogP contribution is -2.60. The molecule has 1 saturated heterocycles. The van der Waals surface area contributed by atoms with Gasteiger partial charge in [-0.2, -0.15) is 0 Å². The lowest BCUT2D eigenvalue weighted by atomic mass is 9.82. The van der Waals surface area contributed by atoms with Gasteiger partial charge in [0, 0.05) is 12.6 Å². The van der Waals surface area contributed by atoms with E-state index in [2.05, 4.69) is 17.6 Å². The number of fused-ring (bicyclic) bond motifs is 1. The average molecular weight is 512 g/mol. The monoisotopic (exact) mass is 511 g/mol. The standard InChI is InChI=1S/C30H45N3O4/c1-20-24-17-11-16-23(24)18-33(20)28(35)26(30(2,3)4)32-27(34)25(22-14-9-6-10-15-22)31-29(36)37-19-21-12-7-5-8-13-21/h5,7-8,12-13,20,22-26H,6,9-11,14-19H2,1-4H3,(H,31,36)(H,32,34)/t20-,23+,24-,25?,26-/m1/s1. The normalized spacial score (nSPS) is 25.7. The van der Waals surface area contributed by atoms with Crippen LogP contribution in [0.4, 0.5) is 4.79 Å². The maximum Gasteiger partial charge on any atom is 0.408 e. The Morgan fingerprint density at radius 1 is 0.973 bits per heavy atom. The summed E-state index contributed by atoms with van der Waals surface area (Å²) < 4.78 is 5.45. The maximum absolute atomic E-state index is 13.8. The molecule has 1 heterocycles. The number of carbonyl (C=O) groups is 3. The van der Waals surface area contributed by atoms with Crippen LogP contribution in [0.3, 0.4) is 0 Å². The Balaban J connectivity index is 1.45. The molecule has 3 fully saturated rings. The highest BCUT2D eigenvalue weighted by molar-refractivity contribution is 5.92. The Kier molecular flexibility index (Phi) is 8.81. The van der Waals surface area contributed by atoms with E-state index in [-0.39, 0.29) is 30.4 Å². The number of alkyl carbamates (subject to hydrolysis) is 1. The van der Waals surface area contributed by atoms with Gasteiger partial charge in [-0.25, -0.2) is 4.79 Å². The van der Waals surface area contributed by atoms with E-state index in [0.717, 1.165) is 44.2 Å². The van der Waals surface area contributed by atoms with Crippen molar-refractivity contribution in [3.8, 4) is 0 Å². The fourth-order valence-corrected chi connectivity index (χ4v) is 6.67. The number of hydrogen-bond donors (Lipinski definition) is 2. The molecular weight excluding hydrogens is 466 g/mol. The molecule has 2 saturated carbocycles. The summed E-state index contributed by atoms with van der Waals surface area (Å²) in [5.74, 6) is 0.877. The molecule has 1 aromatic carbocycles. The fourth-order valence-electron chi connectivity index (χ4n) is 6.67. The molecule has 2 N–H and O–H groups in total. The van der Waals surface area contributed by atoms with Crippen molar-refractivity contribution < 1.29 is 19.1 Å². The first-order valence-electron chi connectivity index (χ1n) is 14.2. The second kappa shape index (κ2) is 11.9. The second-order valence-corrected chi connectivity index (χ2v) is 12.5. The number of benzene rings is 1. The Morgan fingerprint density at radius 3 is 2.32 bits per heavy atom. The zero-order chi connectivity index (χ0) is 26.6. The molecule has 204 valence electrons. The van der Waals surface area contributed by atoms with Crippen LogP contribution >= 0.6 is 0 Å². The van der Waals surface area contributed by atoms with Gasteiger partial charge in [0.15, 0.2) is 0 Å². The molecule has 0 radical (unpaired) electrons. The zero-order valence-electron chi connectivity index (χ0n) is 23.0. The van der Waals surface area contributed by atoms with Crippen LogP contribution in [0.1, 0.15) is 84.6 Å². The summed E-state index contributed by atoms with van der Waals surface area (Å²) in [6, 6.07) is 8.31. The molecular formula is C30H45N3O4. The third kappa shape index (κ3) is 6.66. The summed E-state index contributed by atoms with van der Waals surface area (Å²) in [5.41, 5.74) is 0.425. The van der Waals surface area contributed by atoms with Crippen LogP contribution in [0.2, 0.25) is 0 Å². The van der Waals surface area contributed by atoms with Gasteiger partial charge in [-0.1, -0.05) is 76.8 Å². The Hall–Kier alpha value is -2.57. The van der Waals surface area contributed by atoms with Crippen molar-refractivity contribution in [3.05, 3.63) is 35.9 Å². The van der Waals surface area contributed by atoms with Crippen LogP contribution in [-0.4, -0.2) is 47.5 Å². The van der Waals surface area contributed by atoms with E-state index in [1.54, 1.807) is 0 Å². The first-order valence-corrected chi connectivity index (χ1v) is 14.2. The lowest BCUT2D eigenvalue weighted by molar-refractivity contribution is -0.141. The van der Waals surface area contributed by atoms with Crippen LogP contribution in [0.25, 0.3) is 0 Å². The summed E-state index contributed by atoms with van der Waals surface area (Å²) in [7, 11) is 0. The SMILES string of the molecule is C[C@@H]1[C@H]2CCC[C@H]2CN1C(=O)[C@@H](NC(=O)C(NC(=O)OCc1ccccc1)C1CCCCC1)C(C)(C)C. The molecule has 37 heavy (non-hydrogen) atoms. The van der Waals surface area contributed by atoms with Gasteiger partial charge in [0.2, 0.25) is 11.8 Å². The molecule has 1 aliphatic heterocycles. The van der Waals surface area contributed by atoms with Gasteiger partial charge in [-0.3, -0.25) is 9.59 Å². The summed E-state index contributed by atoms with van der Waals surface area (Å²) >= 11 is 0. The summed E-state index contributed by atoms with van der Waals surface area (Å²) in [6.07, 6.45) is 7.96. The first kappa shape index (κ1) is 27.5. The van der Waals surface area contributed by atoms with E-state index in [9.17, 15) is 14.4 Å². The number of nitrogens with one attached hydrogen (secondary N) is 2. The molecule has 0 bridgehead atoms. The van der Waals surface area contributed by atoms with Crippen molar-refractivity contribution >= 4 is 17.9 Å². The van der Waals surface area contributed by atoms with Gasteiger partial charge in [-0.15, -0.1) is 0 Å². The minimum atomic E-state index is -0.725. The summed E-state index contributed by atoms with van der Waals surface area (Å²) in [4.78, 5) is 42.4. The fraction of sp³-hybridized carbons (Fsp3) is 0.700. The Morgan fingerprint density at radius 2 is 1.68 bits per heavy atom. The van der Waals surface area contributed by atoms with Crippen LogP contribution in [-0.2, 0) is 20.9 Å². The van der Waals surface area contributed by atoms with Crippen molar-refractivity contribution in [1.29, 1.82) is 0 Å². The minimum Gasteiger partial charge on any atom is -0.445 e. The highest BCUT2D eigenvalue weighted by Crippen LogP contribution is 2.42. The van der Waals surface area contributed by atoms with Crippen molar-refractivity contribution in [3.63, 3.8) is 0 Å². The molecule has 3 amide bonds. The number of amides is 3. The predicted molar refractivity (Wildman–Crippen MR) is 144 cm³/mol. The van der Waals surface area contributed by atoms with Crippen LogP contribution in [0.5, 0.6) is 0 Å². The average Bonchev–Trinajstić information content (AvgIpc) is 3.47. The van der Waals surface area contributed by atoms with Gasteiger partial charge >= 0.3 is 6.09 Å². The lowest BCUT2D eigenvalue weighted by Gasteiger charge is -2.37. The van der Waals surface area contributed by atoms with Crippen LogP contribution < -0.4 is 10.6 Å². The van der Waals surface area contributed by atoms with Gasteiger partial charge in [0.05, 0.1) is 0 Å². The van der Waals surface area contributed by atoms with E-state index < -0.39 is 23.6 Å². The minimum absolute atomic E-state index is 0.00296. The van der Waals surface area contributed by atoms with Crippen LogP contribution in [0.15, 0.2) is 30.3 Å². The molecule has 3 aliphatic rings. The first-order chi connectivity index (χ1) is 17.6. The summed E-state index contributed by atoms with van der Waals surface area (Å²) in [5, 5.41) is 5.96. The number of carbonyl (C=O) groups excluding carboxylic acids is 3. The van der Waals surface area contributed by atoms with Gasteiger partial charge in [-0.05, 0) is 61.3 Å². The molecule has 5 atom stereocenters. The van der Waals surface area contributed by atoms with E-state index in [4.69, 9.17) is 4.74 Å². The number of rotatable bonds is 7. The molecule has 1 aromatic rings. The molecule has 0 aromatic heterocycles. The molecule has 7 heteroatoms. The highest BCUT2D eigenvalue weighted by Gasteiger charge is 2.47. The molecule has 2 aliphatic carbocycles. The highest BCUT2D eigenvalue weighted by atomic mass is 16.5. The molecule has 0 spiro atoms. The van der Waals surface area contributed by atoms with Gasteiger partial charge in [0.25, 0.3) is 0 Å². The van der Waals surface area contributed by atoms with E-state index in [1.807, 2.05) is 56.0 Å². The topological polar surface area (TPSA) is 87.7 Å². The van der Waals surface area contributed by atoms with Crippen molar-refractivity contribution in [2.45, 2.75) is 104 Å². The zero-order valence-corrected chi connectivity index (χ0v) is 23.0. The van der Waals surface area contributed by atoms with E-state index in [1.165, 1.54) is 19.3 Å². The predicted octanol–water partition coefficient (Wildman–Crippen LogP) is 5.04. The molecule has 1 unspecified atom stereocenters. The van der Waals surface area contributed by atoms with Crippen molar-refractivity contribution in [1.82, 2.24) is 15.5 Å². The largest absolute Gasteiger partial charge is 0.445 e. The number of hydrogen-bond acceptors (Lipinski definition) is 4. The molecule has 4 rings (SSSR count). The van der Waals surface area contributed by atoms with Gasteiger partial charge in [0.1, 0.15) is 18.7 Å². The van der Waals surface area contributed by atoms with Crippen molar-refractivity contribution in [2.75, 3.05) is 6.54 Å². The summed E-state index contributed by atoms with van der Waals surface area (Å²) in [6.45, 7) is 9.06. The Bertz CT molecular complexity index is 938. The third-order valence-electron chi connectivity index (χ3n) is 8.83. The van der Waals surface area contributed by atoms with Crippen molar-refractivity contribution in [2.24, 2.45) is 23.2 Å². The number of nitrogens with zero attached hydrogens (tertiary/aromatic N) is 1.